The van der Waals surface area contributed by atoms with E-state index >= 15 is 0 Å². The van der Waals surface area contributed by atoms with E-state index in [-0.39, 0.29) is 28.9 Å². The minimum absolute atomic E-state index is 0.130. The predicted octanol–water partition coefficient (Wildman–Crippen LogP) is 1.96. The summed E-state index contributed by atoms with van der Waals surface area (Å²) < 4.78 is 72.4. The molecule has 4 rings (SSSR count). The number of carboxylic acids is 1. The van der Waals surface area contributed by atoms with E-state index < -0.39 is 35.4 Å². The van der Waals surface area contributed by atoms with Crippen LogP contribution in [0.1, 0.15) is 24.0 Å². The molecule has 2 heterocycles. The topological polar surface area (TPSA) is 176 Å². The van der Waals surface area contributed by atoms with Gasteiger partial charge in [0.05, 0.1) is 11.9 Å². The molecule has 2 fully saturated rings. The van der Waals surface area contributed by atoms with Crippen molar-refractivity contribution in [2.45, 2.75) is 37.7 Å². The fourth-order valence-electron chi connectivity index (χ4n) is 4.05. The quantitative estimate of drug-likeness (QED) is 0.378. The molecule has 224 valence electrons. The van der Waals surface area contributed by atoms with Gasteiger partial charge in [0.25, 0.3) is 11.5 Å². The van der Waals surface area contributed by atoms with Crippen LogP contribution in [0.25, 0.3) is 11.3 Å². The van der Waals surface area contributed by atoms with E-state index in [9.17, 15) is 41.0 Å². The van der Waals surface area contributed by atoms with Gasteiger partial charge in [0.1, 0.15) is 0 Å². The van der Waals surface area contributed by atoms with Gasteiger partial charge in [-0.25, -0.2) is 14.8 Å². The Morgan fingerprint density at radius 3 is 2.05 bits per heavy atom. The second-order valence-electron chi connectivity index (χ2n) is 9.46. The van der Waals surface area contributed by atoms with E-state index in [1.165, 1.54) is 12.3 Å². The monoisotopic (exact) mass is 592 g/mol. The van der Waals surface area contributed by atoms with Crippen molar-refractivity contribution in [2.24, 2.45) is 11.7 Å². The van der Waals surface area contributed by atoms with Crippen molar-refractivity contribution >= 4 is 29.4 Å². The van der Waals surface area contributed by atoms with Crippen molar-refractivity contribution in [2.75, 3.05) is 36.8 Å². The molecule has 2 amide bonds. The highest BCUT2D eigenvalue weighted by atomic mass is 19.4. The number of anilines is 2. The molecule has 2 aliphatic rings. The fourth-order valence-corrected chi connectivity index (χ4v) is 4.05. The molecule has 1 aromatic heterocycles. The van der Waals surface area contributed by atoms with Crippen LogP contribution in [0.15, 0.2) is 24.4 Å². The van der Waals surface area contributed by atoms with Gasteiger partial charge >= 0.3 is 18.3 Å². The summed E-state index contributed by atoms with van der Waals surface area (Å²) in [4.78, 5) is 45.2. The van der Waals surface area contributed by atoms with Crippen LogP contribution in [0.2, 0.25) is 0 Å². The first-order valence-corrected chi connectivity index (χ1v) is 12.0. The number of rotatable bonds is 5. The Kier molecular flexibility index (Phi) is 8.71. The molecule has 0 radical (unpaired) electrons. The second kappa shape index (κ2) is 11.4. The number of carboxylic acid groups (broad SMARTS) is 1. The molecule has 6 N–H and O–H groups in total. The van der Waals surface area contributed by atoms with E-state index in [0.717, 1.165) is 25.0 Å². The number of aromatic nitrogens is 2. The summed E-state index contributed by atoms with van der Waals surface area (Å²) in [6.07, 6.45) is -7.23. The average molecular weight is 592 g/mol. The lowest BCUT2D eigenvalue weighted by molar-refractivity contribution is -0.255. The van der Waals surface area contributed by atoms with Crippen LogP contribution < -0.4 is 16.4 Å². The lowest BCUT2D eigenvalue weighted by atomic mass is 9.89. The molecule has 1 aliphatic heterocycles. The number of nitrogens with two attached hydrogens (primary N) is 2. The SMILES string of the molecule is Cc1ccc(C(O)(C(N)=O)C(F)(F)F)cc1-c1cnc(N)c(N2CCN(C(=O)C3CC3)CC2)n1.O=C(O)C(F)(F)F. The number of aryl methyl sites for hydroxylation is 1. The average Bonchev–Trinajstić information content (AvgIpc) is 3.73. The largest absolute Gasteiger partial charge is 0.490 e. The zero-order valence-corrected chi connectivity index (χ0v) is 21.5. The van der Waals surface area contributed by atoms with Gasteiger partial charge < -0.3 is 31.5 Å². The van der Waals surface area contributed by atoms with Gasteiger partial charge in [-0.05, 0) is 31.4 Å². The van der Waals surface area contributed by atoms with Crippen LogP contribution in [0.5, 0.6) is 0 Å². The van der Waals surface area contributed by atoms with Gasteiger partial charge in [-0.1, -0.05) is 12.1 Å². The highest BCUT2D eigenvalue weighted by Crippen LogP contribution is 2.40. The Bertz CT molecular complexity index is 1330. The number of hydrogen-bond donors (Lipinski definition) is 4. The maximum absolute atomic E-state index is 13.5. The molecule has 1 saturated heterocycles. The Morgan fingerprint density at radius 1 is 1.02 bits per heavy atom. The van der Waals surface area contributed by atoms with Crippen LogP contribution in [0.3, 0.4) is 0 Å². The molecule has 0 bridgehead atoms. The molecule has 1 saturated carbocycles. The summed E-state index contributed by atoms with van der Waals surface area (Å²) in [7, 11) is 0. The number of carbonyl (C=O) groups excluding carboxylic acids is 2. The van der Waals surface area contributed by atoms with Crippen LogP contribution in [0.4, 0.5) is 38.0 Å². The zero-order valence-electron chi connectivity index (χ0n) is 21.5. The highest BCUT2D eigenvalue weighted by Gasteiger charge is 2.60. The summed E-state index contributed by atoms with van der Waals surface area (Å²) in [5.74, 6) is -3.91. The van der Waals surface area contributed by atoms with E-state index in [1.54, 1.807) is 6.92 Å². The summed E-state index contributed by atoms with van der Waals surface area (Å²) in [6, 6.07) is 3.37. The van der Waals surface area contributed by atoms with Crippen LogP contribution in [-0.4, -0.2) is 81.4 Å². The van der Waals surface area contributed by atoms with Crippen molar-refractivity contribution in [3.63, 3.8) is 0 Å². The van der Waals surface area contributed by atoms with Crippen LogP contribution in [-0.2, 0) is 20.0 Å². The first kappa shape index (κ1) is 31.4. The summed E-state index contributed by atoms with van der Waals surface area (Å²) in [5.41, 5.74) is 7.38. The van der Waals surface area contributed by atoms with Crippen molar-refractivity contribution in [1.82, 2.24) is 14.9 Å². The number of piperazine rings is 1. The predicted molar refractivity (Wildman–Crippen MR) is 131 cm³/mol. The number of alkyl halides is 6. The van der Waals surface area contributed by atoms with Crippen molar-refractivity contribution in [3.05, 3.63) is 35.5 Å². The van der Waals surface area contributed by atoms with Gasteiger partial charge in [0.2, 0.25) is 5.91 Å². The summed E-state index contributed by atoms with van der Waals surface area (Å²) in [6.45, 7) is 3.62. The molecular formula is C24H26F6N6O5. The molecule has 1 aromatic carbocycles. The molecule has 17 heteroatoms. The molecule has 0 spiro atoms. The smallest absolute Gasteiger partial charge is 0.475 e. The third-order valence-electron chi connectivity index (χ3n) is 6.54. The number of amides is 2. The lowest BCUT2D eigenvalue weighted by Crippen LogP contribution is -2.52. The third kappa shape index (κ3) is 6.78. The third-order valence-corrected chi connectivity index (χ3v) is 6.54. The van der Waals surface area contributed by atoms with Gasteiger partial charge in [-0.3, -0.25) is 9.59 Å². The van der Waals surface area contributed by atoms with Crippen LogP contribution in [0, 0.1) is 12.8 Å². The molecular weight excluding hydrogens is 566 g/mol. The van der Waals surface area contributed by atoms with E-state index in [4.69, 9.17) is 21.4 Å². The minimum atomic E-state index is -5.32. The summed E-state index contributed by atoms with van der Waals surface area (Å²) in [5, 5.41) is 17.3. The first-order valence-electron chi connectivity index (χ1n) is 12.0. The number of benzene rings is 1. The molecule has 1 unspecified atom stereocenters. The number of nitrogens with zero attached hydrogens (tertiary/aromatic N) is 4. The summed E-state index contributed by atoms with van der Waals surface area (Å²) >= 11 is 0. The Hall–Kier alpha value is -4.15. The molecule has 41 heavy (non-hydrogen) atoms. The number of nitrogen functional groups attached to an aromatic ring is 1. The second-order valence-corrected chi connectivity index (χ2v) is 9.46. The number of primary amides is 1. The van der Waals surface area contributed by atoms with Crippen molar-refractivity contribution in [1.29, 1.82) is 0 Å². The normalized spacial score (nSPS) is 17.3. The van der Waals surface area contributed by atoms with Crippen molar-refractivity contribution in [3.8, 4) is 11.3 Å². The Morgan fingerprint density at radius 2 is 1.59 bits per heavy atom. The van der Waals surface area contributed by atoms with Gasteiger partial charge in [-0.15, -0.1) is 0 Å². The van der Waals surface area contributed by atoms with Gasteiger partial charge in [0, 0.05) is 43.2 Å². The number of aliphatic hydroxyl groups is 1. The van der Waals surface area contributed by atoms with E-state index in [0.29, 0.717) is 37.6 Å². The molecule has 1 aliphatic carbocycles. The maximum Gasteiger partial charge on any atom is 0.490 e. The van der Waals surface area contributed by atoms with E-state index in [1.807, 2.05) is 9.80 Å². The Balaban J connectivity index is 0.000000587. The minimum Gasteiger partial charge on any atom is -0.475 e. The molecule has 1 atom stereocenters. The highest BCUT2D eigenvalue weighted by molar-refractivity contribution is 5.86. The van der Waals surface area contributed by atoms with Gasteiger partial charge in [0.15, 0.2) is 11.6 Å². The maximum atomic E-state index is 13.5. The van der Waals surface area contributed by atoms with Gasteiger partial charge in [-0.2, -0.15) is 26.3 Å². The number of halogens is 6. The van der Waals surface area contributed by atoms with Crippen LogP contribution >= 0.6 is 0 Å². The van der Waals surface area contributed by atoms with E-state index in [2.05, 4.69) is 9.97 Å². The number of hydrogen-bond acceptors (Lipinski definition) is 8. The standard InChI is InChI=1S/C22H25F3N6O3.C2HF3O2/c1-12-2-5-14(21(34,20(27)33)22(23,24)25)10-15(12)16-11-28-17(26)18(29-16)30-6-8-31(9-7-30)19(32)13-3-4-13;3-2(4,5)1(6)7/h2,5,10-11,13,34H,3-4,6-9H2,1H3,(H2,26,28)(H2,27,33);(H,6,7). The number of aliphatic carboxylic acids is 1. The zero-order chi connectivity index (χ0) is 30.9. The molecule has 11 nitrogen and oxygen atoms in total. The van der Waals surface area contributed by atoms with Crippen molar-refractivity contribution < 1.29 is 50.9 Å². The lowest BCUT2D eigenvalue weighted by Gasteiger charge is -2.36. The fraction of sp³-hybridized carbons (Fsp3) is 0.458. The molecule has 2 aromatic rings. The Labute approximate surface area is 228 Å². The first-order chi connectivity index (χ1) is 18.9. The number of carbonyl (C=O) groups is 3.